The van der Waals surface area contributed by atoms with Crippen LogP contribution in [0.15, 0.2) is 29.8 Å². The highest BCUT2D eigenvalue weighted by Crippen LogP contribution is 2.44. The molecule has 2 aromatic heterocycles. The highest BCUT2D eigenvalue weighted by molar-refractivity contribution is 7.89. The predicted octanol–water partition coefficient (Wildman–Crippen LogP) is 2.76. The van der Waals surface area contributed by atoms with Crippen molar-refractivity contribution in [2.24, 2.45) is 0 Å². The van der Waals surface area contributed by atoms with E-state index in [-0.39, 0.29) is 11.4 Å². The van der Waals surface area contributed by atoms with Crippen LogP contribution in [0.4, 0.5) is 5.82 Å². The number of nitrogens with zero attached hydrogens (tertiary/aromatic N) is 2. The number of aromatic nitrogens is 1. The number of anilines is 1. The molecule has 0 N–H and O–H groups in total. The van der Waals surface area contributed by atoms with Crippen molar-refractivity contribution in [3.05, 3.63) is 45.8 Å². The van der Waals surface area contributed by atoms with Crippen LogP contribution in [-0.2, 0) is 32.3 Å². The number of piperidine rings is 1. The van der Waals surface area contributed by atoms with E-state index in [0.717, 1.165) is 50.3 Å². The predicted molar refractivity (Wildman–Crippen MR) is 99.9 cm³/mol. The van der Waals surface area contributed by atoms with E-state index in [4.69, 9.17) is 4.74 Å². The lowest BCUT2D eigenvalue weighted by molar-refractivity contribution is -0.0735. The first kappa shape index (κ1) is 17.0. The van der Waals surface area contributed by atoms with Gasteiger partial charge in [0.2, 0.25) is 0 Å². The fourth-order valence-corrected chi connectivity index (χ4v) is 5.76. The molecule has 1 fully saturated rings. The molecule has 4 heterocycles. The standard InChI is InChI=1S/C18H22N2O3S2/c1-25(21,22)13-14-2-3-16(19-12-14)20-8-6-18(7-9-20)17-15(4-10-23-18)5-11-24-17/h2-3,5,11-12H,4,6-10,13H2,1H3. The maximum Gasteiger partial charge on any atom is 0.151 e. The van der Waals surface area contributed by atoms with Gasteiger partial charge in [-0.15, -0.1) is 11.3 Å². The smallest absolute Gasteiger partial charge is 0.151 e. The van der Waals surface area contributed by atoms with E-state index in [0.29, 0.717) is 0 Å². The van der Waals surface area contributed by atoms with Crippen molar-refractivity contribution in [1.29, 1.82) is 0 Å². The number of rotatable bonds is 3. The molecule has 0 aromatic carbocycles. The Hall–Kier alpha value is -1.44. The molecule has 1 saturated heterocycles. The first-order valence-electron chi connectivity index (χ1n) is 8.54. The van der Waals surface area contributed by atoms with Gasteiger partial charge in [0.05, 0.1) is 12.4 Å². The number of hydrogen-bond acceptors (Lipinski definition) is 6. The third-order valence-electron chi connectivity index (χ3n) is 5.04. The molecular formula is C18H22N2O3S2. The molecule has 2 aliphatic rings. The molecule has 4 rings (SSSR count). The van der Waals surface area contributed by atoms with E-state index in [1.807, 2.05) is 23.5 Å². The van der Waals surface area contributed by atoms with Crippen molar-refractivity contribution in [3.63, 3.8) is 0 Å². The zero-order chi connectivity index (χ0) is 17.5. The second kappa shape index (κ2) is 6.37. The quantitative estimate of drug-likeness (QED) is 0.822. The van der Waals surface area contributed by atoms with Crippen molar-refractivity contribution in [2.45, 2.75) is 30.6 Å². The van der Waals surface area contributed by atoms with Crippen LogP contribution in [0, 0.1) is 0 Å². The minimum absolute atomic E-state index is 0.0401. The SMILES string of the molecule is CS(=O)(=O)Cc1ccc(N2CCC3(CC2)OCCc2ccsc23)nc1. The minimum atomic E-state index is -3.03. The van der Waals surface area contributed by atoms with Gasteiger partial charge >= 0.3 is 0 Å². The monoisotopic (exact) mass is 378 g/mol. The Bertz CT molecular complexity index is 851. The van der Waals surface area contributed by atoms with Crippen LogP contribution in [0.3, 0.4) is 0 Å². The normalized spacial score (nSPS) is 19.8. The highest BCUT2D eigenvalue weighted by Gasteiger charge is 2.41. The lowest BCUT2D eigenvalue weighted by atomic mass is 9.85. The lowest BCUT2D eigenvalue weighted by Gasteiger charge is -2.44. The fraction of sp³-hybridized carbons (Fsp3) is 0.500. The van der Waals surface area contributed by atoms with Crippen LogP contribution in [0.25, 0.3) is 0 Å². The summed E-state index contributed by atoms with van der Waals surface area (Å²) >= 11 is 1.82. The Morgan fingerprint density at radius 1 is 1.28 bits per heavy atom. The van der Waals surface area contributed by atoms with E-state index in [1.165, 1.54) is 16.7 Å². The second-order valence-electron chi connectivity index (χ2n) is 6.95. The van der Waals surface area contributed by atoms with Gasteiger partial charge < -0.3 is 9.64 Å². The summed E-state index contributed by atoms with van der Waals surface area (Å²) in [6, 6.07) is 6.03. The highest BCUT2D eigenvalue weighted by atomic mass is 32.2. The molecule has 5 nitrogen and oxygen atoms in total. The third-order valence-corrected chi connectivity index (χ3v) is 7.04. The summed E-state index contributed by atoms with van der Waals surface area (Å²) in [5, 5.41) is 2.18. The third kappa shape index (κ3) is 3.45. The Kier molecular flexibility index (Phi) is 4.33. The van der Waals surface area contributed by atoms with E-state index in [9.17, 15) is 8.42 Å². The Morgan fingerprint density at radius 2 is 2.08 bits per heavy atom. The van der Waals surface area contributed by atoms with Crippen molar-refractivity contribution >= 4 is 27.0 Å². The number of ether oxygens (including phenoxy) is 1. The topological polar surface area (TPSA) is 59.5 Å². The van der Waals surface area contributed by atoms with Crippen molar-refractivity contribution < 1.29 is 13.2 Å². The van der Waals surface area contributed by atoms with Crippen molar-refractivity contribution in [1.82, 2.24) is 4.98 Å². The summed E-state index contributed by atoms with van der Waals surface area (Å²) < 4.78 is 29.0. The van der Waals surface area contributed by atoms with E-state index >= 15 is 0 Å². The van der Waals surface area contributed by atoms with E-state index in [2.05, 4.69) is 21.3 Å². The maximum absolute atomic E-state index is 11.4. The molecule has 0 amide bonds. The number of sulfone groups is 1. The molecule has 2 aliphatic heterocycles. The first-order valence-corrected chi connectivity index (χ1v) is 11.5. The van der Waals surface area contributed by atoms with Crippen LogP contribution in [0.5, 0.6) is 0 Å². The Balaban J connectivity index is 1.46. The molecule has 25 heavy (non-hydrogen) atoms. The van der Waals surface area contributed by atoms with Crippen LogP contribution in [-0.4, -0.2) is 39.4 Å². The molecule has 0 aliphatic carbocycles. The van der Waals surface area contributed by atoms with Gasteiger partial charge in [0.25, 0.3) is 0 Å². The Morgan fingerprint density at radius 3 is 2.76 bits per heavy atom. The molecule has 0 unspecified atom stereocenters. The lowest BCUT2D eigenvalue weighted by Crippen LogP contribution is -2.46. The summed E-state index contributed by atoms with van der Waals surface area (Å²) in [7, 11) is -3.03. The average Bonchev–Trinajstić information content (AvgIpc) is 3.06. The van der Waals surface area contributed by atoms with Gasteiger partial charge in [0, 0.05) is 30.4 Å². The molecule has 1 spiro atoms. The fourth-order valence-electron chi connectivity index (χ4n) is 3.81. The van der Waals surface area contributed by atoms with Gasteiger partial charge in [-0.3, -0.25) is 0 Å². The number of pyridine rings is 1. The second-order valence-corrected chi connectivity index (χ2v) is 10.0. The van der Waals surface area contributed by atoms with Crippen molar-refractivity contribution in [3.8, 4) is 0 Å². The van der Waals surface area contributed by atoms with Gasteiger partial charge in [0.1, 0.15) is 11.4 Å². The molecule has 0 bridgehead atoms. The number of fused-ring (bicyclic) bond motifs is 2. The summed E-state index contributed by atoms with van der Waals surface area (Å²) in [5.74, 6) is 0.951. The zero-order valence-electron chi connectivity index (χ0n) is 14.3. The van der Waals surface area contributed by atoms with Gasteiger partial charge in [-0.2, -0.15) is 0 Å². The molecule has 2 aromatic rings. The van der Waals surface area contributed by atoms with Gasteiger partial charge in [0.15, 0.2) is 9.84 Å². The van der Waals surface area contributed by atoms with Gasteiger partial charge in [-0.25, -0.2) is 13.4 Å². The average molecular weight is 379 g/mol. The van der Waals surface area contributed by atoms with E-state index < -0.39 is 9.84 Å². The largest absolute Gasteiger partial charge is 0.369 e. The Labute approximate surface area is 152 Å². The molecular weight excluding hydrogens is 356 g/mol. The van der Waals surface area contributed by atoms with Crippen LogP contribution in [0.2, 0.25) is 0 Å². The summed E-state index contributed by atoms with van der Waals surface area (Å²) in [4.78, 5) is 8.15. The van der Waals surface area contributed by atoms with Crippen molar-refractivity contribution in [2.75, 3.05) is 30.9 Å². The summed E-state index contributed by atoms with van der Waals surface area (Å²) in [6.45, 7) is 2.60. The summed E-state index contributed by atoms with van der Waals surface area (Å²) in [6.07, 6.45) is 5.87. The molecule has 0 radical (unpaired) electrons. The van der Waals surface area contributed by atoms with Crippen LogP contribution >= 0.6 is 11.3 Å². The minimum Gasteiger partial charge on any atom is -0.369 e. The van der Waals surface area contributed by atoms with Gasteiger partial charge in [-0.1, -0.05) is 6.07 Å². The zero-order valence-corrected chi connectivity index (χ0v) is 15.9. The molecule has 0 saturated carbocycles. The van der Waals surface area contributed by atoms with Crippen LogP contribution in [0.1, 0.15) is 28.8 Å². The molecule has 134 valence electrons. The molecule has 0 atom stereocenters. The van der Waals surface area contributed by atoms with Crippen LogP contribution < -0.4 is 4.90 Å². The van der Waals surface area contributed by atoms with E-state index in [1.54, 1.807) is 6.20 Å². The summed E-state index contributed by atoms with van der Waals surface area (Å²) in [5.41, 5.74) is 2.07. The maximum atomic E-state index is 11.4. The molecule has 7 heteroatoms. The number of hydrogen-bond donors (Lipinski definition) is 0. The van der Waals surface area contributed by atoms with Gasteiger partial charge in [-0.05, 0) is 47.9 Å². The first-order chi connectivity index (χ1) is 12.0. The number of thiophene rings is 1.